The summed E-state index contributed by atoms with van der Waals surface area (Å²) in [6, 6.07) is 6.35. The number of halogens is 2. The first kappa shape index (κ1) is 29.7. The molecule has 1 aromatic rings. The van der Waals surface area contributed by atoms with Gasteiger partial charge in [-0.15, -0.1) is 0 Å². The predicted molar refractivity (Wildman–Crippen MR) is 141 cm³/mol. The van der Waals surface area contributed by atoms with Crippen molar-refractivity contribution >= 4 is 39.2 Å². The Morgan fingerprint density at radius 2 is 1.86 bits per heavy atom. The molecule has 1 aliphatic heterocycles. The highest BCUT2D eigenvalue weighted by atomic mass is 79.9. The molecule has 36 heavy (non-hydrogen) atoms. The van der Waals surface area contributed by atoms with Crippen molar-refractivity contribution in [2.45, 2.75) is 58.4 Å². The van der Waals surface area contributed by atoms with Crippen molar-refractivity contribution < 1.29 is 23.6 Å². The molecular weight excluding hydrogens is 529 g/mol. The van der Waals surface area contributed by atoms with Gasteiger partial charge in [-0.3, -0.25) is 19.2 Å². The number of hydrogen-bond donors (Lipinski definition) is 2. The summed E-state index contributed by atoms with van der Waals surface area (Å²) < 4.78 is 14.0. The summed E-state index contributed by atoms with van der Waals surface area (Å²) in [5.74, 6) is -2.28. The molecule has 198 valence electrons. The summed E-state index contributed by atoms with van der Waals surface area (Å²) in [4.78, 5) is 53.4. The van der Waals surface area contributed by atoms with E-state index in [0.29, 0.717) is 50.2 Å². The first-order valence-electron chi connectivity index (χ1n) is 12.4. The van der Waals surface area contributed by atoms with Gasteiger partial charge in [-0.2, -0.15) is 0 Å². The van der Waals surface area contributed by atoms with Crippen molar-refractivity contribution in [3.63, 3.8) is 0 Å². The van der Waals surface area contributed by atoms with Crippen molar-refractivity contribution in [1.29, 1.82) is 0 Å². The maximum absolute atomic E-state index is 13.5. The van der Waals surface area contributed by atoms with Crippen molar-refractivity contribution in [3.05, 3.63) is 46.7 Å². The van der Waals surface area contributed by atoms with Gasteiger partial charge >= 0.3 is 0 Å². The summed E-state index contributed by atoms with van der Waals surface area (Å²) in [5, 5.41) is 2.85. The van der Waals surface area contributed by atoms with E-state index in [4.69, 9.17) is 5.73 Å². The minimum absolute atomic E-state index is 0.0535. The van der Waals surface area contributed by atoms with E-state index in [1.807, 2.05) is 13.8 Å². The summed E-state index contributed by atoms with van der Waals surface area (Å²) in [6.07, 6.45) is 1.98. The van der Waals surface area contributed by atoms with E-state index in [1.54, 1.807) is 29.2 Å². The number of amides is 1. The SMILES string of the molecule is C=C(N)NCCC[C@H](CC(=O)[C@@H]1CCCN1C(=O)[C@@H](CC(=O)c1ccc(Br)cc1)C(C)C)C(=O)CF. The fourth-order valence-electron chi connectivity index (χ4n) is 4.60. The second-order valence-electron chi connectivity index (χ2n) is 9.74. The summed E-state index contributed by atoms with van der Waals surface area (Å²) in [5.41, 5.74) is 6.00. The second kappa shape index (κ2) is 14.3. The van der Waals surface area contributed by atoms with Crippen LogP contribution in [0.1, 0.15) is 62.7 Å². The van der Waals surface area contributed by atoms with Crippen LogP contribution >= 0.6 is 15.9 Å². The quantitative estimate of drug-likeness (QED) is 0.243. The number of benzene rings is 1. The lowest BCUT2D eigenvalue weighted by molar-refractivity contribution is -0.142. The number of carbonyl (C=O) groups is 4. The Hall–Kier alpha value is -2.55. The van der Waals surface area contributed by atoms with Gasteiger partial charge in [-0.1, -0.05) is 48.5 Å². The molecule has 0 bridgehead atoms. The molecule has 0 aliphatic carbocycles. The van der Waals surface area contributed by atoms with E-state index in [-0.39, 0.29) is 36.2 Å². The maximum atomic E-state index is 13.5. The van der Waals surface area contributed by atoms with E-state index >= 15 is 0 Å². The van der Waals surface area contributed by atoms with Crippen LogP contribution in [0.2, 0.25) is 0 Å². The van der Waals surface area contributed by atoms with Crippen molar-refractivity contribution in [2.24, 2.45) is 23.5 Å². The van der Waals surface area contributed by atoms with Crippen molar-refractivity contribution in [3.8, 4) is 0 Å². The molecule has 3 atom stereocenters. The fraction of sp³-hybridized carbons (Fsp3) is 0.556. The Morgan fingerprint density at radius 3 is 2.44 bits per heavy atom. The number of nitrogens with two attached hydrogens (primary N) is 1. The molecule has 9 heteroatoms. The highest BCUT2D eigenvalue weighted by Gasteiger charge is 2.39. The highest BCUT2D eigenvalue weighted by Crippen LogP contribution is 2.29. The van der Waals surface area contributed by atoms with Gasteiger partial charge in [0.1, 0.15) is 6.67 Å². The fourth-order valence-corrected chi connectivity index (χ4v) is 4.87. The monoisotopic (exact) mass is 565 g/mol. The number of nitrogens with one attached hydrogen (secondary N) is 1. The minimum Gasteiger partial charge on any atom is -0.386 e. The topological polar surface area (TPSA) is 110 Å². The van der Waals surface area contributed by atoms with Gasteiger partial charge in [-0.05, 0) is 43.7 Å². The molecule has 0 saturated carbocycles. The van der Waals surface area contributed by atoms with Gasteiger partial charge in [0.15, 0.2) is 17.3 Å². The zero-order valence-corrected chi connectivity index (χ0v) is 22.7. The lowest BCUT2D eigenvalue weighted by Crippen LogP contribution is -2.45. The van der Waals surface area contributed by atoms with Crippen LogP contribution in [0.3, 0.4) is 0 Å². The number of carbonyl (C=O) groups excluding carboxylic acids is 4. The molecule has 1 aliphatic rings. The third kappa shape index (κ3) is 8.54. The first-order chi connectivity index (χ1) is 17.0. The highest BCUT2D eigenvalue weighted by molar-refractivity contribution is 9.10. The molecule has 2 rings (SSSR count). The Labute approximate surface area is 221 Å². The second-order valence-corrected chi connectivity index (χ2v) is 10.7. The van der Waals surface area contributed by atoms with Crippen LogP contribution in [0.15, 0.2) is 41.1 Å². The van der Waals surface area contributed by atoms with Crippen LogP contribution in [0.4, 0.5) is 4.39 Å². The van der Waals surface area contributed by atoms with Crippen LogP contribution in [0.25, 0.3) is 0 Å². The number of hydrogen-bond acceptors (Lipinski definition) is 6. The Balaban J connectivity index is 2.08. The van der Waals surface area contributed by atoms with E-state index in [9.17, 15) is 23.6 Å². The average molecular weight is 567 g/mol. The molecule has 1 amide bonds. The molecule has 0 radical (unpaired) electrons. The Morgan fingerprint density at radius 1 is 1.19 bits per heavy atom. The van der Waals surface area contributed by atoms with Crippen LogP contribution < -0.4 is 11.1 Å². The zero-order valence-electron chi connectivity index (χ0n) is 21.1. The van der Waals surface area contributed by atoms with Crippen molar-refractivity contribution in [1.82, 2.24) is 10.2 Å². The standard InChI is InChI=1S/C27H37BrFN3O4/c1-17(2)22(15-24(33)19-8-10-21(28)11-9-19)27(36)32-13-5-7-23(32)25(34)14-20(26(35)16-29)6-4-12-31-18(3)30/h8-11,17,20,22-23,31H,3-7,12-16,30H2,1-2H3/t20-,22+,23+/m1/s1. The minimum atomic E-state index is -1.13. The summed E-state index contributed by atoms with van der Waals surface area (Å²) >= 11 is 3.35. The lowest BCUT2D eigenvalue weighted by Gasteiger charge is -2.30. The maximum Gasteiger partial charge on any atom is 0.227 e. The molecular formula is C27H37BrFN3O4. The zero-order chi connectivity index (χ0) is 26.8. The molecule has 0 spiro atoms. The number of alkyl halides is 1. The Bertz CT molecular complexity index is 951. The summed E-state index contributed by atoms with van der Waals surface area (Å²) in [6.45, 7) is 7.09. The molecule has 1 aromatic carbocycles. The lowest BCUT2D eigenvalue weighted by atomic mass is 9.86. The van der Waals surface area contributed by atoms with E-state index in [1.165, 1.54) is 0 Å². The molecule has 7 nitrogen and oxygen atoms in total. The van der Waals surface area contributed by atoms with Gasteiger partial charge in [0.2, 0.25) is 5.91 Å². The number of Topliss-reactive ketones (excluding diaryl/α,β-unsaturated/α-hetero) is 3. The van der Waals surface area contributed by atoms with Crippen LogP contribution in [-0.4, -0.2) is 54.0 Å². The average Bonchev–Trinajstić information content (AvgIpc) is 3.33. The molecule has 3 N–H and O–H groups in total. The predicted octanol–water partition coefficient (Wildman–Crippen LogP) is 4.20. The third-order valence-electron chi connectivity index (χ3n) is 6.72. The van der Waals surface area contributed by atoms with Crippen LogP contribution in [0, 0.1) is 17.8 Å². The van der Waals surface area contributed by atoms with Gasteiger partial charge < -0.3 is 16.0 Å². The van der Waals surface area contributed by atoms with E-state index < -0.39 is 30.3 Å². The van der Waals surface area contributed by atoms with Crippen LogP contribution in [0.5, 0.6) is 0 Å². The van der Waals surface area contributed by atoms with E-state index in [0.717, 1.165) is 4.47 Å². The first-order valence-corrected chi connectivity index (χ1v) is 13.2. The van der Waals surface area contributed by atoms with E-state index in [2.05, 4.69) is 27.8 Å². The smallest absolute Gasteiger partial charge is 0.227 e. The van der Waals surface area contributed by atoms with Crippen molar-refractivity contribution in [2.75, 3.05) is 19.8 Å². The number of ketones is 3. The third-order valence-corrected chi connectivity index (χ3v) is 7.25. The normalized spacial score (nSPS) is 17.0. The Kier molecular flexibility index (Phi) is 11.8. The molecule has 1 heterocycles. The summed E-state index contributed by atoms with van der Waals surface area (Å²) in [7, 11) is 0. The molecule has 0 unspecified atom stereocenters. The molecule has 1 saturated heterocycles. The van der Waals surface area contributed by atoms with Gasteiger partial charge in [0, 0.05) is 47.8 Å². The number of likely N-dealkylation sites (tertiary alicyclic amines) is 1. The van der Waals surface area contributed by atoms with Gasteiger partial charge in [0.05, 0.1) is 11.9 Å². The van der Waals surface area contributed by atoms with Gasteiger partial charge in [0.25, 0.3) is 0 Å². The number of nitrogens with zero attached hydrogens (tertiary/aromatic N) is 1. The number of rotatable bonds is 15. The van der Waals surface area contributed by atoms with Gasteiger partial charge in [-0.25, -0.2) is 4.39 Å². The largest absolute Gasteiger partial charge is 0.386 e. The van der Waals surface area contributed by atoms with Crippen LogP contribution in [-0.2, 0) is 14.4 Å². The molecule has 0 aromatic heterocycles. The molecule has 1 fully saturated rings.